The Morgan fingerprint density at radius 1 is 1.05 bits per heavy atom. The van der Waals surface area contributed by atoms with Gasteiger partial charge in [0.05, 0.1) is 7.11 Å². The van der Waals surface area contributed by atoms with Crippen molar-refractivity contribution in [2.45, 2.75) is 19.4 Å². The van der Waals surface area contributed by atoms with Gasteiger partial charge in [-0.1, -0.05) is 29.8 Å². The van der Waals surface area contributed by atoms with Gasteiger partial charge in [0.1, 0.15) is 5.75 Å². The summed E-state index contributed by atoms with van der Waals surface area (Å²) in [7, 11) is 1.68. The van der Waals surface area contributed by atoms with Gasteiger partial charge in [0.25, 0.3) is 0 Å². The molecular formula is C18H20ClNO. The molecule has 2 aromatic carbocycles. The average molecular weight is 302 g/mol. The molecule has 2 aromatic rings. The molecule has 1 aliphatic heterocycles. The summed E-state index contributed by atoms with van der Waals surface area (Å²) in [5.74, 6) is 0.864. The Hall–Kier alpha value is -1.51. The molecule has 0 spiro atoms. The maximum atomic E-state index is 6.38. The van der Waals surface area contributed by atoms with E-state index in [1.807, 2.05) is 18.2 Å². The molecule has 1 aliphatic rings. The number of methoxy groups -OCH3 is 1. The van der Waals surface area contributed by atoms with Crippen molar-refractivity contribution in [3.63, 3.8) is 0 Å². The summed E-state index contributed by atoms with van der Waals surface area (Å²) < 4.78 is 5.21. The van der Waals surface area contributed by atoms with E-state index in [-0.39, 0.29) is 0 Å². The van der Waals surface area contributed by atoms with Crippen LogP contribution < -0.4 is 4.74 Å². The van der Waals surface area contributed by atoms with E-state index in [2.05, 4.69) is 29.2 Å². The van der Waals surface area contributed by atoms with Gasteiger partial charge in [-0.3, -0.25) is 4.90 Å². The van der Waals surface area contributed by atoms with Crippen LogP contribution in [0.1, 0.15) is 18.4 Å². The van der Waals surface area contributed by atoms with Crippen molar-refractivity contribution in [1.29, 1.82) is 0 Å². The average Bonchev–Trinajstić information content (AvgIpc) is 3.02. The third-order valence-electron chi connectivity index (χ3n) is 4.04. The first-order chi connectivity index (χ1) is 10.3. The summed E-state index contributed by atoms with van der Waals surface area (Å²) in [6.45, 7) is 3.43. The molecule has 2 nitrogen and oxygen atoms in total. The Bertz CT molecular complexity index is 603. The second-order valence-electron chi connectivity index (χ2n) is 5.53. The van der Waals surface area contributed by atoms with E-state index in [1.54, 1.807) is 7.11 Å². The third-order valence-corrected chi connectivity index (χ3v) is 4.37. The highest BCUT2D eigenvalue weighted by Gasteiger charge is 2.13. The third kappa shape index (κ3) is 3.39. The molecule has 0 aromatic heterocycles. The second-order valence-corrected chi connectivity index (χ2v) is 5.93. The number of hydrogen-bond acceptors (Lipinski definition) is 2. The lowest BCUT2D eigenvalue weighted by Crippen LogP contribution is -2.18. The fraction of sp³-hybridized carbons (Fsp3) is 0.333. The zero-order valence-electron chi connectivity index (χ0n) is 12.3. The van der Waals surface area contributed by atoms with E-state index in [9.17, 15) is 0 Å². The first kappa shape index (κ1) is 14.4. The Kier molecular flexibility index (Phi) is 4.47. The molecule has 1 heterocycles. The topological polar surface area (TPSA) is 12.5 Å². The van der Waals surface area contributed by atoms with E-state index in [0.717, 1.165) is 28.4 Å². The fourth-order valence-corrected chi connectivity index (χ4v) is 3.09. The fourth-order valence-electron chi connectivity index (χ4n) is 2.86. The van der Waals surface area contributed by atoms with Crippen LogP contribution in [0, 0.1) is 0 Å². The summed E-state index contributed by atoms with van der Waals surface area (Å²) in [5.41, 5.74) is 3.55. The number of nitrogens with zero attached hydrogens (tertiary/aromatic N) is 1. The quantitative estimate of drug-likeness (QED) is 0.817. The van der Waals surface area contributed by atoms with Gasteiger partial charge in [-0.25, -0.2) is 0 Å². The molecular weight excluding hydrogens is 282 g/mol. The largest absolute Gasteiger partial charge is 0.497 e. The van der Waals surface area contributed by atoms with Crippen LogP contribution >= 0.6 is 11.6 Å². The number of benzene rings is 2. The number of likely N-dealkylation sites (tertiary alicyclic amines) is 1. The van der Waals surface area contributed by atoms with Crippen LogP contribution in [0.2, 0.25) is 5.02 Å². The number of ether oxygens (including phenoxy) is 1. The highest BCUT2D eigenvalue weighted by Crippen LogP contribution is 2.30. The van der Waals surface area contributed by atoms with E-state index >= 15 is 0 Å². The molecule has 21 heavy (non-hydrogen) atoms. The SMILES string of the molecule is COc1ccc(-c2cc(CN3CCCC3)ccc2Cl)cc1. The van der Waals surface area contributed by atoms with Gasteiger partial charge in [-0.05, 0) is 61.3 Å². The van der Waals surface area contributed by atoms with Gasteiger partial charge in [0, 0.05) is 17.1 Å². The van der Waals surface area contributed by atoms with Crippen LogP contribution in [0.5, 0.6) is 5.75 Å². The summed E-state index contributed by atoms with van der Waals surface area (Å²) in [4.78, 5) is 2.50. The van der Waals surface area contributed by atoms with Crippen molar-refractivity contribution in [2.75, 3.05) is 20.2 Å². The number of rotatable bonds is 4. The van der Waals surface area contributed by atoms with Gasteiger partial charge in [0.2, 0.25) is 0 Å². The predicted octanol–water partition coefficient (Wildman–Crippen LogP) is 4.61. The molecule has 0 N–H and O–H groups in total. The highest BCUT2D eigenvalue weighted by molar-refractivity contribution is 6.33. The van der Waals surface area contributed by atoms with Crippen LogP contribution in [-0.2, 0) is 6.54 Å². The molecule has 0 unspecified atom stereocenters. The lowest BCUT2D eigenvalue weighted by atomic mass is 10.0. The van der Waals surface area contributed by atoms with Crippen molar-refractivity contribution in [2.24, 2.45) is 0 Å². The van der Waals surface area contributed by atoms with Crippen molar-refractivity contribution >= 4 is 11.6 Å². The Morgan fingerprint density at radius 2 is 1.76 bits per heavy atom. The van der Waals surface area contributed by atoms with Crippen molar-refractivity contribution in [1.82, 2.24) is 4.90 Å². The standard InChI is InChI=1S/C18H20ClNO/c1-21-16-7-5-15(6-8-16)17-12-14(4-9-18(17)19)13-20-10-2-3-11-20/h4-9,12H,2-3,10-11,13H2,1H3. The molecule has 1 fully saturated rings. The molecule has 0 amide bonds. The molecule has 0 saturated carbocycles. The van der Waals surface area contributed by atoms with Gasteiger partial charge in [-0.15, -0.1) is 0 Å². The summed E-state index contributed by atoms with van der Waals surface area (Å²) in [5, 5.41) is 0.797. The normalized spacial score (nSPS) is 15.3. The van der Waals surface area contributed by atoms with Crippen LogP contribution in [-0.4, -0.2) is 25.1 Å². The molecule has 0 radical (unpaired) electrons. The van der Waals surface area contributed by atoms with E-state index in [1.165, 1.54) is 31.5 Å². The number of halogens is 1. The van der Waals surface area contributed by atoms with Crippen LogP contribution in [0.3, 0.4) is 0 Å². The Labute approximate surface area is 131 Å². The highest BCUT2D eigenvalue weighted by atomic mass is 35.5. The molecule has 3 heteroatoms. The van der Waals surface area contributed by atoms with Gasteiger partial charge in [-0.2, -0.15) is 0 Å². The van der Waals surface area contributed by atoms with E-state index < -0.39 is 0 Å². The maximum Gasteiger partial charge on any atom is 0.118 e. The first-order valence-electron chi connectivity index (χ1n) is 7.41. The lowest BCUT2D eigenvalue weighted by molar-refractivity contribution is 0.331. The molecule has 0 bridgehead atoms. The minimum atomic E-state index is 0.797. The monoisotopic (exact) mass is 301 g/mol. The Balaban J connectivity index is 1.85. The minimum Gasteiger partial charge on any atom is -0.497 e. The zero-order valence-corrected chi connectivity index (χ0v) is 13.1. The van der Waals surface area contributed by atoms with Gasteiger partial charge >= 0.3 is 0 Å². The van der Waals surface area contributed by atoms with Crippen LogP contribution in [0.25, 0.3) is 11.1 Å². The number of hydrogen-bond donors (Lipinski definition) is 0. The smallest absolute Gasteiger partial charge is 0.118 e. The van der Waals surface area contributed by atoms with Crippen molar-refractivity contribution in [3.8, 4) is 16.9 Å². The van der Waals surface area contributed by atoms with Gasteiger partial charge in [0.15, 0.2) is 0 Å². The Morgan fingerprint density at radius 3 is 2.43 bits per heavy atom. The first-order valence-corrected chi connectivity index (χ1v) is 7.79. The molecule has 1 saturated heterocycles. The zero-order chi connectivity index (χ0) is 14.7. The lowest BCUT2D eigenvalue weighted by Gasteiger charge is -2.16. The molecule has 3 rings (SSSR count). The summed E-state index contributed by atoms with van der Waals surface area (Å²) in [6, 6.07) is 14.4. The minimum absolute atomic E-state index is 0.797. The molecule has 0 atom stereocenters. The van der Waals surface area contributed by atoms with E-state index in [0.29, 0.717) is 0 Å². The van der Waals surface area contributed by atoms with E-state index in [4.69, 9.17) is 16.3 Å². The summed E-state index contributed by atoms with van der Waals surface area (Å²) in [6.07, 6.45) is 2.64. The summed E-state index contributed by atoms with van der Waals surface area (Å²) >= 11 is 6.38. The second kappa shape index (κ2) is 6.50. The molecule has 0 aliphatic carbocycles. The van der Waals surface area contributed by atoms with Crippen LogP contribution in [0.15, 0.2) is 42.5 Å². The van der Waals surface area contributed by atoms with Crippen molar-refractivity contribution < 1.29 is 4.74 Å². The molecule has 110 valence electrons. The van der Waals surface area contributed by atoms with Crippen LogP contribution in [0.4, 0.5) is 0 Å². The van der Waals surface area contributed by atoms with Gasteiger partial charge < -0.3 is 4.74 Å². The maximum absolute atomic E-state index is 6.38. The van der Waals surface area contributed by atoms with Crippen molar-refractivity contribution in [3.05, 3.63) is 53.1 Å². The predicted molar refractivity (Wildman–Crippen MR) is 88.0 cm³/mol.